The first kappa shape index (κ1) is 18.8. The molecule has 0 saturated carbocycles. The number of aliphatic carboxylic acids is 1. The van der Waals surface area contributed by atoms with Crippen LogP contribution in [0.2, 0.25) is 0 Å². The number of alkyl carbamates (subject to hydrolysis) is 1. The van der Waals surface area contributed by atoms with Crippen LogP contribution in [0.3, 0.4) is 0 Å². The smallest absolute Gasteiger partial charge is 0.407 e. The Balaban J connectivity index is -0.000000605. The molecule has 14 heavy (non-hydrogen) atoms. The van der Waals surface area contributed by atoms with Gasteiger partial charge in [0.1, 0.15) is 0 Å². The number of carbonyl (C=O) groups is 2. The molecule has 0 aliphatic rings. The summed E-state index contributed by atoms with van der Waals surface area (Å²) >= 11 is 0. The molecule has 6 nitrogen and oxygen atoms in total. The van der Waals surface area contributed by atoms with Gasteiger partial charge in [0.05, 0.1) is 13.2 Å². The third kappa shape index (κ3) is 6.55. The number of aliphatic hydroxyl groups is 1. The molecule has 0 bridgehead atoms. The fraction of sp³-hybridized carbons (Fsp3) is 0.714. The van der Waals surface area contributed by atoms with Gasteiger partial charge in [-0.3, -0.25) is 0 Å². The molecule has 0 unspecified atom stereocenters. The number of nitrogens with one attached hydrogen (secondary N) is 1. The van der Waals surface area contributed by atoms with Crippen molar-refractivity contribution in [3.05, 3.63) is 0 Å². The summed E-state index contributed by atoms with van der Waals surface area (Å²) < 4.78 is 4.16. The summed E-state index contributed by atoms with van der Waals surface area (Å²) in [5.74, 6) is -1.31. The quantitative estimate of drug-likeness (QED) is 0.627. The molecule has 0 aliphatic heterocycles. The number of carbonyl (C=O) groups excluding carboxylic acids is 1. The van der Waals surface area contributed by atoms with Crippen molar-refractivity contribution in [3.63, 3.8) is 0 Å². The lowest BCUT2D eigenvalue weighted by Gasteiger charge is -2.15. The summed E-state index contributed by atoms with van der Waals surface area (Å²) in [5.41, 5.74) is 0. The molecule has 86 valence electrons. The van der Waals surface area contributed by atoms with Crippen LogP contribution in [0.4, 0.5) is 4.79 Å². The van der Waals surface area contributed by atoms with Gasteiger partial charge in [0.15, 0.2) is 6.04 Å². The number of carboxylic acids is 1. The van der Waals surface area contributed by atoms with Gasteiger partial charge in [0.2, 0.25) is 0 Å². The van der Waals surface area contributed by atoms with E-state index in [0.717, 1.165) is 7.11 Å². The summed E-state index contributed by atoms with van der Waals surface area (Å²) in [7, 11) is 1.11. The van der Waals surface area contributed by atoms with Crippen molar-refractivity contribution in [2.75, 3.05) is 7.11 Å². The van der Waals surface area contributed by atoms with Gasteiger partial charge in [-0.15, -0.1) is 0 Å². The van der Waals surface area contributed by atoms with E-state index in [9.17, 15) is 9.59 Å². The highest BCUT2D eigenvalue weighted by Gasteiger charge is 2.24. The lowest BCUT2D eigenvalue weighted by molar-refractivity contribution is -0.141. The number of carboxylic acid groups (broad SMARTS) is 1. The van der Waals surface area contributed by atoms with Crippen LogP contribution in [0.15, 0.2) is 0 Å². The highest BCUT2D eigenvalue weighted by molar-refractivity contribution is 7.59. The lowest BCUT2D eigenvalue weighted by atomic mass is 10.2. The zero-order valence-electron chi connectivity index (χ0n) is 7.27. The minimum absolute atomic E-state index is 0. The van der Waals surface area contributed by atoms with Gasteiger partial charge in [-0.2, -0.15) is 13.5 Å². The zero-order valence-corrected chi connectivity index (χ0v) is 8.27. The van der Waals surface area contributed by atoms with Crippen molar-refractivity contribution < 1.29 is 24.5 Å². The van der Waals surface area contributed by atoms with Crippen LogP contribution in [-0.4, -0.2) is 41.5 Å². The van der Waals surface area contributed by atoms with Crippen LogP contribution in [-0.2, 0) is 9.53 Å². The Labute approximate surface area is 89.7 Å². The summed E-state index contributed by atoms with van der Waals surface area (Å²) in [6, 6.07) is -1.34. The number of amides is 1. The van der Waals surface area contributed by atoms with E-state index in [1.54, 1.807) is 0 Å². The van der Waals surface area contributed by atoms with Crippen LogP contribution >= 0.6 is 13.5 Å². The maximum atomic E-state index is 10.5. The molecule has 0 saturated heterocycles. The molecule has 1 amide bonds. The molecule has 0 aromatic carbocycles. The average Bonchev–Trinajstić information content (AvgIpc) is 1.98. The molecule has 7 heteroatoms. The Hall–Kier alpha value is -0.950. The molecule has 0 radical (unpaired) electrons. The number of rotatable bonds is 3. The van der Waals surface area contributed by atoms with E-state index >= 15 is 0 Å². The Morgan fingerprint density at radius 2 is 1.86 bits per heavy atom. The molecule has 0 aromatic heterocycles. The van der Waals surface area contributed by atoms with Crippen molar-refractivity contribution in [1.82, 2.24) is 5.32 Å². The van der Waals surface area contributed by atoms with Crippen molar-refractivity contribution in [3.8, 4) is 0 Å². The van der Waals surface area contributed by atoms with Crippen LogP contribution in [0.5, 0.6) is 0 Å². The Morgan fingerprint density at radius 3 is 2.07 bits per heavy atom. The number of hydrogen-bond donors (Lipinski definition) is 3. The van der Waals surface area contributed by atoms with Crippen molar-refractivity contribution in [1.29, 1.82) is 0 Å². The number of aliphatic hydroxyl groups excluding tert-OH is 1. The molecular formula is C7H17NO5S. The van der Waals surface area contributed by atoms with E-state index in [-0.39, 0.29) is 20.9 Å². The van der Waals surface area contributed by atoms with Crippen LogP contribution in [0.25, 0.3) is 0 Å². The maximum Gasteiger partial charge on any atom is 0.407 e. The maximum absolute atomic E-state index is 10.5. The normalized spacial score (nSPS) is 12.5. The second-order valence-electron chi connectivity index (χ2n) is 2.19. The van der Waals surface area contributed by atoms with Gasteiger partial charge >= 0.3 is 12.1 Å². The van der Waals surface area contributed by atoms with E-state index in [4.69, 9.17) is 10.2 Å². The van der Waals surface area contributed by atoms with Crippen LogP contribution in [0, 0.1) is 0 Å². The first-order valence-electron chi connectivity index (χ1n) is 3.24. The number of methoxy groups -OCH3 is 1. The zero-order chi connectivity index (χ0) is 9.72. The minimum atomic E-state index is -1.34. The van der Waals surface area contributed by atoms with Crippen molar-refractivity contribution in [2.45, 2.75) is 26.5 Å². The van der Waals surface area contributed by atoms with Gasteiger partial charge < -0.3 is 20.3 Å². The second kappa shape index (κ2) is 8.64. The summed E-state index contributed by atoms with van der Waals surface area (Å²) in [4.78, 5) is 20.9. The van der Waals surface area contributed by atoms with Crippen LogP contribution < -0.4 is 5.32 Å². The molecule has 0 aromatic rings. The molecule has 0 heterocycles. The van der Waals surface area contributed by atoms with E-state index in [1.165, 1.54) is 6.92 Å². The Morgan fingerprint density at radius 1 is 1.43 bits per heavy atom. The Kier molecular flexibility index (Phi) is 11.6. The van der Waals surface area contributed by atoms with E-state index in [2.05, 4.69) is 4.74 Å². The monoisotopic (exact) mass is 227 g/mol. The van der Waals surface area contributed by atoms with Crippen LogP contribution in [0.1, 0.15) is 14.4 Å². The van der Waals surface area contributed by atoms with E-state index in [1.807, 2.05) is 5.32 Å². The van der Waals surface area contributed by atoms with E-state index in [0.29, 0.717) is 0 Å². The first-order chi connectivity index (χ1) is 5.49. The third-order valence-corrected chi connectivity index (χ3v) is 1.21. The topological polar surface area (TPSA) is 95.9 Å². The molecule has 0 rings (SSSR count). The molecule has 0 fully saturated rings. The Bertz CT molecular complexity index is 185. The highest BCUT2D eigenvalue weighted by Crippen LogP contribution is 1.93. The van der Waals surface area contributed by atoms with Crippen molar-refractivity contribution >= 4 is 25.6 Å². The van der Waals surface area contributed by atoms with Gasteiger partial charge in [-0.25, -0.2) is 9.59 Å². The first-order valence-corrected chi connectivity index (χ1v) is 3.24. The second-order valence-corrected chi connectivity index (χ2v) is 2.19. The lowest BCUT2D eigenvalue weighted by Crippen LogP contribution is -2.47. The molecular weight excluding hydrogens is 210 g/mol. The fourth-order valence-corrected chi connectivity index (χ4v) is 0.575. The van der Waals surface area contributed by atoms with Gasteiger partial charge in [-0.05, 0) is 6.92 Å². The fourth-order valence-electron chi connectivity index (χ4n) is 0.575. The SMILES string of the molecule is C.COC(=O)N[C@@H](C(=O)O)[C@H](C)O.S. The van der Waals surface area contributed by atoms with Crippen molar-refractivity contribution in [2.24, 2.45) is 0 Å². The third-order valence-electron chi connectivity index (χ3n) is 1.21. The minimum Gasteiger partial charge on any atom is -0.480 e. The van der Waals surface area contributed by atoms with Gasteiger partial charge in [0, 0.05) is 0 Å². The van der Waals surface area contributed by atoms with E-state index < -0.39 is 24.2 Å². The number of hydrogen-bond acceptors (Lipinski definition) is 4. The molecule has 0 aliphatic carbocycles. The molecule has 3 N–H and O–H groups in total. The summed E-state index contributed by atoms with van der Waals surface area (Å²) in [6.45, 7) is 1.26. The average molecular weight is 227 g/mol. The van der Waals surface area contributed by atoms with Gasteiger partial charge in [0.25, 0.3) is 0 Å². The standard InChI is InChI=1S/C6H11NO5.CH4.H2S/c1-3(8)4(5(9)10)7-6(11)12-2;;/h3-4,8H,1-2H3,(H,7,11)(H,9,10);1H4;1H2/t3-,4+;;/m0../s1. The summed E-state index contributed by atoms with van der Waals surface area (Å²) in [6.07, 6.45) is -2.05. The predicted octanol–water partition coefficient (Wildman–Crippen LogP) is -0.0747. The predicted molar refractivity (Wildman–Crippen MR) is 55.8 cm³/mol. The number of ether oxygens (including phenoxy) is 1. The highest BCUT2D eigenvalue weighted by atomic mass is 32.1. The molecule has 0 spiro atoms. The molecule has 2 atom stereocenters. The largest absolute Gasteiger partial charge is 0.480 e. The summed E-state index contributed by atoms with van der Waals surface area (Å²) in [5, 5.41) is 19.3. The van der Waals surface area contributed by atoms with Gasteiger partial charge in [-0.1, -0.05) is 7.43 Å².